The molecular weight excluding hydrogens is 410 g/mol. The van der Waals surface area contributed by atoms with E-state index in [9.17, 15) is 14.9 Å². The molecule has 7 heteroatoms. The van der Waals surface area contributed by atoms with Crippen LogP contribution in [0.15, 0.2) is 55.1 Å². The molecule has 0 N–H and O–H groups in total. The van der Waals surface area contributed by atoms with Crippen LogP contribution in [0.3, 0.4) is 0 Å². The Morgan fingerprint density at radius 1 is 1.32 bits per heavy atom. The molecule has 1 aliphatic rings. The predicted octanol–water partition coefficient (Wildman–Crippen LogP) is 4.43. The summed E-state index contributed by atoms with van der Waals surface area (Å²) in [7, 11) is 0. The molecule has 0 aromatic carbocycles. The number of carbonyl (C=O) groups is 2. The van der Waals surface area contributed by atoms with Crippen molar-refractivity contribution in [1.29, 1.82) is 5.26 Å². The molecule has 156 valence electrons. The molecule has 0 saturated carbocycles. The fourth-order valence-corrected chi connectivity index (χ4v) is 5.14. The molecule has 31 heavy (non-hydrogen) atoms. The summed E-state index contributed by atoms with van der Waals surface area (Å²) < 4.78 is 6.85. The Hall–Kier alpha value is -3.50. The van der Waals surface area contributed by atoms with E-state index in [1.165, 1.54) is 15.9 Å². The quantitative estimate of drug-likeness (QED) is 0.539. The number of nitriles is 1. The third kappa shape index (κ3) is 4.98. The Bertz CT molecular complexity index is 1140. The maximum Gasteiger partial charge on any atom is 0.417 e. The second-order valence-corrected chi connectivity index (χ2v) is 8.64. The molecule has 1 atom stereocenters. The second kappa shape index (κ2) is 9.54. The SMILES string of the molecule is N#Cc1c(CC(=O)/C=C/c2cccnc2)sc2c1CCC(COC(=O)n1cccc1)C2. The van der Waals surface area contributed by atoms with E-state index in [1.54, 1.807) is 49.1 Å². The van der Waals surface area contributed by atoms with Gasteiger partial charge in [0.1, 0.15) is 6.07 Å². The highest BCUT2D eigenvalue weighted by Gasteiger charge is 2.27. The van der Waals surface area contributed by atoms with Crippen molar-refractivity contribution in [1.82, 2.24) is 9.55 Å². The Morgan fingerprint density at radius 3 is 2.90 bits per heavy atom. The van der Waals surface area contributed by atoms with Gasteiger partial charge in [-0.2, -0.15) is 5.26 Å². The molecule has 6 nitrogen and oxygen atoms in total. The van der Waals surface area contributed by atoms with Crippen LogP contribution in [0.2, 0.25) is 0 Å². The van der Waals surface area contributed by atoms with Gasteiger partial charge in [-0.05, 0) is 66.7 Å². The Labute approximate surface area is 184 Å². The van der Waals surface area contributed by atoms with Gasteiger partial charge in [0.05, 0.1) is 12.2 Å². The fourth-order valence-electron chi connectivity index (χ4n) is 3.71. The molecular formula is C24H21N3O3S. The largest absolute Gasteiger partial charge is 0.449 e. The lowest BCUT2D eigenvalue weighted by Crippen LogP contribution is -2.22. The first-order valence-electron chi connectivity index (χ1n) is 10.1. The minimum atomic E-state index is -0.383. The molecule has 0 spiro atoms. The van der Waals surface area contributed by atoms with Gasteiger partial charge in [-0.1, -0.05) is 6.07 Å². The van der Waals surface area contributed by atoms with Gasteiger partial charge in [-0.3, -0.25) is 14.3 Å². The van der Waals surface area contributed by atoms with Crippen molar-refractivity contribution in [3.05, 3.63) is 81.6 Å². The zero-order valence-electron chi connectivity index (χ0n) is 16.9. The molecule has 3 aromatic rings. The Morgan fingerprint density at radius 2 is 2.16 bits per heavy atom. The van der Waals surface area contributed by atoms with Crippen molar-refractivity contribution in [3.63, 3.8) is 0 Å². The first-order chi connectivity index (χ1) is 15.1. The lowest BCUT2D eigenvalue weighted by Gasteiger charge is -2.21. The smallest absolute Gasteiger partial charge is 0.417 e. The van der Waals surface area contributed by atoms with Gasteiger partial charge in [-0.25, -0.2) is 4.79 Å². The Kier molecular flexibility index (Phi) is 6.39. The molecule has 0 amide bonds. The van der Waals surface area contributed by atoms with Gasteiger partial charge < -0.3 is 4.74 Å². The summed E-state index contributed by atoms with van der Waals surface area (Å²) in [6.07, 6.45) is 12.2. The number of fused-ring (bicyclic) bond motifs is 1. The van der Waals surface area contributed by atoms with E-state index >= 15 is 0 Å². The van der Waals surface area contributed by atoms with Crippen molar-refractivity contribution in [2.24, 2.45) is 5.92 Å². The summed E-state index contributed by atoms with van der Waals surface area (Å²) >= 11 is 1.54. The number of pyridine rings is 1. The van der Waals surface area contributed by atoms with Crippen molar-refractivity contribution in [2.75, 3.05) is 6.61 Å². The fraction of sp³-hybridized carbons (Fsp3) is 0.250. The number of nitrogens with zero attached hydrogens (tertiary/aromatic N) is 3. The van der Waals surface area contributed by atoms with Crippen LogP contribution in [-0.4, -0.2) is 28.0 Å². The number of thiophene rings is 1. The van der Waals surface area contributed by atoms with Gasteiger partial charge in [-0.15, -0.1) is 11.3 Å². The summed E-state index contributed by atoms with van der Waals surface area (Å²) in [6.45, 7) is 0.346. The average molecular weight is 432 g/mol. The number of aromatic nitrogens is 2. The molecule has 1 unspecified atom stereocenters. The van der Waals surface area contributed by atoms with E-state index < -0.39 is 0 Å². The van der Waals surface area contributed by atoms with E-state index in [4.69, 9.17) is 4.74 Å². The predicted molar refractivity (Wildman–Crippen MR) is 118 cm³/mol. The van der Waals surface area contributed by atoms with Crippen LogP contribution in [0.1, 0.15) is 32.9 Å². The molecule has 0 radical (unpaired) electrons. The van der Waals surface area contributed by atoms with Gasteiger partial charge in [0.2, 0.25) is 0 Å². The number of rotatable bonds is 6. The zero-order valence-corrected chi connectivity index (χ0v) is 17.7. The highest BCUT2D eigenvalue weighted by atomic mass is 32.1. The van der Waals surface area contributed by atoms with Crippen LogP contribution < -0.4 is 0 Å². The first-order valence-corrected chi connectivity index (χ1v) is 10.9. The lowest BCUT2D eigenvalue weighted by molar-refractivity contribution is -0.113. The van der Waals surface area contributed by atoms with Crippen LogP contribution in [0.4, 0.5) is 4.79 Å². The third-order valence-corrected chi connectivity index (χ3v) is 6.55. The normalized spacial score (nSPS) is 15.4. The van der Waals surface area contributed by atoms with Crippen LogP contribution in [-0.2, 0) is 28.8 Å². The third-order valence-electron chi connectivity index (χ3n) is 5.29. The monoisotopic (exact) mass is 431 g/mol. The summed E-state index contributed by atoms with van der Waals surface area (Å²) in [5.41, 5.74) is 2.56. The molecule has 3 heterocycles. The van der Waals surface area contributed by atoms with Gasteiger partial charge in [0.25, 0.3) is 0 Å². The van der Waals surface area contributed by atoms with Crippen molar-refractivity contribution in [3.8, 4) is 6.07 Å². The van der Waals surface area contributed by atoms with Crippen molar-refractivity contribution < 1.29 is 14.3 Å². The summed E-state index contributed by atoms with van der Waals surface area (Å²) in [4.78, 5) is 30.5. The highest BCUT2D eigenvalue weighted by molar-refractivity contribution is 7.12. The Balaban J connectivity index is 1.40. The minimum Gasteiger partial charge on any atom is -0.449 e. The van der Waals surface area contributed by atoms with E-state index in [-0.39, 0.29) is 24.2 Å². The zero-order chi connectivity index (χ0) is 21.6. The van der Waals surface area contributed by atoms with Gasteiger partial charge in [0, 0.05) is 41.0 Å². The van der Waals surface area contributed by atoms with E-state index in [0.717, 1.165) is 40.1 Å². The number of carbonyl (C=O) groups excluding carboxylic acids is 2. The van der Waals surface area contributed by atoms with Gasteiger partial charge >= 0.3 is 6.09 Å². The van der Waals surface area contributed by atoms with Crippen molar-refractivity contribution >= 4 is 29.3 Å². The van der Waals surface area contributed by atoms with Crippen LogP contribution in [0.5, 0.6) is 0 Å². The van der Waals surface area contributed by atoms with Crippen LogP contribution in [0, 0.1) is 17.2 Å². The maximum absolute atomic E-state index is 12.5. The van der Waals surface area contributed by atoms with Crippen molar-refractivity contribution in [2.45, 2.75) is 25.7 Å². The summed E-state index contributed by atoms with van der Waals surface area (Å²) in [5, 5.41) is 9.68. The van der Waals surface area contributed by atoms with Crippen LogP contribution in [0.25, 0.3) is 6.08 Å². The van der Waals surface area contributed by atoms with E-state index in [1.807, 2.05) is 12.1 Å². The molecule has 1 aliphatic carbocycles. The standard InChI is InChI=1S/C24H21N3O3S/c25-14-21-20-8-6-18(16-30-24(29)27-10-1-2-11-27)12-22(20)31-23(21)13-19(28)7-5-17-4-3-9-26-15-17/h1-5,7,9-11,15,18H,6,8,12-13,16H2/b7-5+. The molecule has 3 aromatic heterocycles. The molecule has 4 rings (SSSR count). The number of hydrogen-bond donors (Lipinski definition) is 0. The van der Waals surface area contributed by atoms with E-state index in [2.05, 4.69) is 11.1 Å². The molecule has 0 bridgehead atoms. The van der Waals surface area contributed by atoms with Gasteiger partial charge in [0.15, 0.2) is 5.78 Å². The number of ether oxygens (including phenoxy) is 1. The minimum absolute atomic E-state index is 0.0452. The number of hydrogen-bond acceptors (Lipinski definition) is 6. The first kappa shape index (κ1) is 20.8. The molecule has 0 aliphatic heterocycles. The summed E-state index contributed by atoms with van der Waals surface area (Å²) in [5.74, 6) is 0.169. The lowest BCUT2D eigenvalue weighted by atomic mass is 9.87. The topological polar surface area (TPSA) is 85.0 Å². The maximum atomic E-state index is 12.5. The molecule has 0 fully saturated rings. The number of allylic oxidation sites excluding steroid dienone is 1. The highest BCUT2D eigenvalue weighted by Crippen LogP contribution is 2.36. The average Bonchev–Trinajstić information content (AvgIpc) is 3.44. The summed E-state index contributed by atoms with van der Waals surface area (Å²) in [6, 6.07) is 9.55. The van der Waals surface area contributed by atoms with Crippen LogP contribution >= 0.6 is 11.3 Å². The second-order valence-electron chi connectivity index (χ2n) is 7.45. The molecule has 0 saturated heterocycles. The van der Waals surface area contributed by atoms with E-state index in [0.29, 0.717) is 12.2 Å². The number of ketones is 1.